The van der Waals surface area contributed by atoms with Gasteiger partial charge >= 0.3 is 0 Å². The summed E-state index contributed by atoms with van der Waals surface area (Å²) in [6.45, 7) is 11.3. The highest BCUT2D eigenvalue weighted by atomic mass is 16.6. The van der Waals surface area contributed by atoms with Crippen molar-refractivity contribution in [3.8, 4) is 0 Å². The van der Waals surface area contributed by atoms with E-state index in [-0.39, 0.29) is 5.60 Å². The van der Waals surface area contributed by atoms with Gasteiger partial charge in [0, 0.05) is 26.2 Å². The summed E-state index contributed by atoms with van der Waals surface area (Å²) < 4.78 is 5.72. The molecule has 110 valence electrons. The van der Waals surface area contributed by atoms with Gasteiger partial charge in [0.05, 0.1) is 11.7 Å². The van der Waals surface area contributed by atoms with E-state index in [1.807, 2.05) is 0 Å². The van der Waals surface area contributed by atoms with Gasteiger partial charge < -0.3 is 4.74 Å². The summed E-state index contributed by atoms with van der Waals surface area (Å²) in [5, 5.41) is 0. The monoisotopic (exact) mass is 274 g/mol. The van der Waals surface area contributed by atoms with Crippen molar-refractivity contribution in [2.75, 3.05) is 32.7 Å². The van der Waals surface area contributed by atoms with E-state index in [0.717, 1.165) is 13.1 Å². The van der Waals surface area contributed by atoms with Crippen LogP contribution in [0.2, 0.25) is 0 Å². The quantitative estimate of drug-likeness (QED) is 0.786. The zero-order valence-electron chi connectivity index (χ0n) is 12.7. The van der Waals surface area contributed by atoms with Crippen LogP contribution in [0.1, 0.15) is 25.8 Å². The summed E-state index contributed by atoms with van der Waals surface area (Å²) in [5.41, 5.74) is 1.54. The van der Waals surface area contributed by atoms with Crippen LogP contribution in [0, 0.1) is 0 Å². The maximum atomic E-state index is 5.72. The van der Waals surface area contributed by atoms with Gasteiger partial charge in [0.1, 0.15) is 0 Å². The molecule has 2 heterocycles. The molecule has 2 fully saturated rings. The zero-order valence-corrected chi connectivity index (χ0v) is 12.7. The molecule has 3 nitrogen and oxygen atoms in total. The fraction of sp³-hybridized carbons (Fsp3) is 0.647. The number of rotatable bonds is 4. The average Bonchev–Trinajstić information content (AvgIpc) is 3.09. The third kappa shape index (κ3) is 3.60. The third-order valence-corrected chi connectivity index (χ3v) is 4.52. The Morgan fingerprint density at radius 2 is 1.70 bits per heavy atom. The first-order chi connectivity index (χ1) is 9.63. The smallest absolute Gasteiger partial charge is 0.0994 e. The molecule has 0 N–H and O–H groups in total. The van der Waals surface area contributed by atoms with Gasteiger partial charge in [-0.05, 0) is 38.9 Å². The molecule has 0 radical (unpaired) electrons. The first kappa shape index (κ1) is 14.1. The van der Waals surface area contributed by atoms with Crippen LogP contribution in [0.5, 0.6) is 0 Å². The van der Waals surface area contributed by atoms with Crippen molar-refractivity contribution < 1.29 is 4.74 Å². The molecule has 3 rings (SSSR count). The maximum Gasteiger partial charge on any atom is 0.0994 e. The lowest BCUT2D eigenvalue weighted by atomic mass is 10.1. The number of benzene rings is 1. The molecule has 0 aliphatic carbocycles. The Balaban J connectivity index is 1.47. The highest BCUT2D eigenvalue weighted by molar-refractivity contribution is 5.14. The summed E-state index contributed by atoms with van der Waals surface area (Å²) >= 11 is 0. The van der Waals surface area contributed by atoms with Crippen molar-refractivity contribution >= 4 is 0 Å². The van der Waals surface area contributed by atoms with Crippen LogP contribution in [-0.2, 0) is 11.3 Å². The molecule has 1 unspecified atom stereocenters. The molecule has 20 heavy (non-hydrogen) atoms. The lowest BCUT2D eigenvalue weighted by molar-refractivity contribution is 0.231. The Bertz CT molecular complexity index is 432. The van der Waals surface area contributed by atoms with Crippen LogP contribution in [0.3, 0.4) is 0 Å². The second kappa shape index (κ2) is 5.84. The van der Waals surface area contributed by atoms with E-state index in [2.05, 4.69) is 54.0 Å². The van der Waals surface area contributed by atoms with Crippen molar-refractivity contribution in [1.82, 2.24) is 9.80 Å². The SMILES string of the molecule is CC1(C)OC1CN1CCCN(Cc2ccccc2)CC1. The molecule has 2 aliphatic heterocycles. The van der Waals surface area contributed by atoms with Crippen LogP contribution < -0.4 is 0 Å². The second-order valence-corrected chi connectivity index (χ2v) is 6.63. The van der Waals surface area contributed by atoms with Crippen LogP contribution in [0.25, 0.3) is 0 Å². The van der Waals surface area contributed by atoms with E-state index in [9.17, 15) is 0 Å². The Labute approximate surface area is 122 Å². The second-order valence-electron chi connectivity index (χ2n) is 6.63. The minimum atomic E-state index is 0.121. The van der Waals surface area contributed by atoms with Crippen LogP contribution in [0.15, 0.2) is 30.3 Å². The van der Waals surface area contributed by atoms with Gasteiger partial charge in [-0.3, -0.25) is 9.80 Å². The van der Waals surface area contributed by atoms with Gasteiger partial charge in [-0.2, -0.15) is 0 Å². The van der Waals surface area contributed by atoms with E-state index >= 15 is 0 Å². The Morgan fingerprint density at radius 1 is 1.05 bits per heavy atom. The van der Waals surface area contributed by atoms with Gasteiger partial charge in [-0.25, -0.2) is 0 Å². The van der Waals surface area contributed by atoms with Gasteiger partial charge in [0.15, 0.2) is 0 Å². The molecule has 0 spiro atoms. The van der Waals surface area contributed by atoms with Crippen molar-refractivity contribution in [1.29, 1.82) is 0 Å². The molecule has 0 aromatic heterocycles. The Kier molecular flexibility index (Phi) is 4.11. The van der Waals surface area contributed by atoms with Crippen LogP contribution in [0.4, 0.5) is 0 Å². The van der Waals surface area contributed by atoms with E-state index < -0.39 is 0 Å². The minimum Gasteiger partial charge on any atom is -0.365 e. The van der Waals surface area contributed by atoms with Gasteiger partial charge in [-0.15, -0.1) is 0 Å². The van der Waals surface area contributed by atoms with Gasteiger partial charge in [0.25, 0.3) is 0 Å². The van der Waals surface area contributed by atoms with Gasteiger partial charge in [-0.1, -0.05) is 30.3 Å². The van der Waals surface area contributed by atoms with Crippen molar-refractivity contribution in [2.24, 2.45) is 0 Å². The van der Waals surface area contributed by atoms with Crippen LogP contribution >= 0.6 is 0 Å². The lowest BCUT2D eigenvalue weighted by Crippen LogP contribution is -2.34. The normalized spacial score (nSPS) is 27.2. The fourth-order valence-electron chi connectivity index (χ4n) is 3.03. The summed E-state index contributed by atoms with van der Waals surface area (Å²) in [5.74, 6) is 0. The zero-order chi connectivity index (χ0) is 14.0. The first-order valence-electron chi connectivity index (χ1n) is 7.80. The molecule has 0 bridgehead atoms. The standard InChI is InChI=1S/C17H26N2O/c1-17(2)16(20-17)14-19-10-6-9-18(11-12-19)13-15-7-4-3-5-8-15/h3-5,7-8,16H,6,9-14H2,1-2H3. The maximum absolute atomic E-state index is 5.72. The molecule has 1 atom stereocenters. The highest BCUT2D eigenvalue weighted by Crippen LogP contribution is 2.35. The topological polar surface area (TPSA) is 19.0 Å². The van der Waals surface area contributed by atoms with Crippen LogP contribution in [-0.4, -0.2) is 54.2 Å². The van der Waals surface area contributed by atoms with Gasteiger partial charge in [0.2, 0.25) is 0 Å². The number of hydrogen-bond donors (Lipinski definition) is 0. The fourth-order valence-corrected chi connectivity index (χ4v) is 3.03. The van der Waals surface area contributed by atoms with Crippen molar-refractivity contribution in [3.63, 3.8) is 0 Å². The van der Waals surface area contributed by atoms with E-state index in [1.54, 1.807) is 0 Å². The molecule has 3 heteroatoms. The molecule has 2 saturated heterocycles. The van der Waals surface area contributed by atoms with E-state index in [4.69, 9.17) is 4.74 Å². The molecule has 1 aromatic carbocycles. The highest BCUT2D eigenvalue weighted by Gasteiger charge is 2.48. The van der Waals surface area contributed by atoms with Crippen molar-refractivity contribution in [3.05, 3.63) is 35.9 Å². The summed E-state index contributed by atoms with van der Waals surface area (Å²) in [6.07, 6.45) is 1.71. The number of epoxide rings is 1. The lowest BCUT2D eigenvalue weighted by Gasteiger charge is -2.21. The van der Waals surface area contributed by atoms with E-state index in [0.29, 0.717) is 6.10 Å². The Morgan fingerprint density at radius 3 is 2.40 bits per heavy atom. The largest absolute Gasteiger partial charge is 0.365 e. The molecular formula is C17H26N2O. The minimum absolute atomic E-state index is 0.121. The first-order valence-corrected chi connectivity index (χ1v) is 7.80. The summed E-state index contributed by atoms with van der Waals surface area (Å²) in [4.78, 5) is 5.15. The number of hydrogen-bond acceptors (Lipinski definition) is 3. The third-order valence-electron chi connectivity index (χ3n) is 4.52. The molecule has 1 aromatic rings. The molecule has 2 aliphatic rings. The number of ether oxygens (including phenoxy) is 1. The van der Waals surface area contributed by atoms with Crippen molar-refractivity contribution in [2.45, 2.75) is 38.5 Å². The molecular weight excluding hydrogens is 248 g/mol. The predicted molar refractivity (Wildman–Crippen MR) is 81.7 cm³/mol. The average molecular weight is 274 g/mol. The summed E-state index contributed by atoms with van der Waals surface area (Å²) in [7, 11) is 0. The Hall–Kier alpha value is -0.900. The number of nitrogens with zero attached hydrogens (tertiary/aromatic N) is 2. The van der Waals surface area contributed by atoms with E-state index in [1.165, 1.54) is 38.2 Å². The molecule has 0 amide bonds. The summed E-state index contributed by atoms with van der Waals surface area (Å²) in [6, 6.07) is 10.8. The molecule has 0 saturated carbocycles. The predicted octanol–water partition coefficient (Wildman–Crippen LogP) is 2.37.